The maximum atomic E-state index is 12.0. The van der Waals surface area contributed by atoms with Gasteiger partial charge in [-0.25, -0.2) is 4.79 Å². The third kappa shape index (κ3) is 6.73. The molecule has 8 nitrogen and oxygen atoms in total. The maximum Gasteiger partial charge on any atom is 0.410 e. The summed E-state index contributed by atoms with van der Waals surface area (Å²) in [4.78, 5) is 17.9. The minimum absolute atomic E-state index is 0. The fourth-order valence-electron chi connectivity index (χ4n) is 2.87. The molecule has 2 saturated heterocycles. The number of nitrogens with zero attached hydrogens (tertiary/aromatic N) is 2. The Bertz CT molecular complexity index is 484. The van der Waals surface area contributed by atoms with Gasteiger partial charge < -0.3 is 29.7 Å². The average molecular weight is 484 g/mol. The number of methoxy groups -OCH3 is 1. The van der Waals surface area contributed by atoms with E-state index < -0.39 is 5.60 Å². The summed E-state index contributed by atoms with van der Waals surface area (Å²) >= 11 is 0. The minimum Gasteiger partial charge on any atom is -0.444 e. The maximum absolute atomic E-state index is 12.0. The number of nitrogens with one attached hydrogen (secondary N) is 2. The number of guanidine groups is 1. The van der Waals surface area contributed by atoms with Crippen LogP contribution in [0.2, 0.25) is 0 Å². The van der Waals surface area contributed by atoms with E-state index in [4.69, 9.17) is 14.2 Å². The summed E-state index contributed by atoms with van der Waals surface area (Å²) in [5.41, 5.74) is -0.677. The largest absolute Gasteiger partial charge is 0.444 e. The molecule has 0 saturated carbocycles. The van der Waals surface area contributed by atoms with Gasteiger partial charge in [-0.05, 0) is 20.8 Å². The van der Waals surface area contributed by atoms with E-state index in [9.17, 15) is 4.79 Å². The van der Waals surface area contributed by atoms with Gasteiger partial charge in [-0.3, -0.25) is 4.99 Å². The van der Waals surface area contributed by atoms with Gasteiger partial charge in [0.25, 0.3) is 0 Å². The molecule has 26 heavy (non-hydrogen) atoms. The monoisotopic (exact) mass is 484 g/mol. The Morgan fingerprint density at radius 1 is 1.31 bits per heavy atom. The van der Waals surface area contributed by atoms with Crippen LogP contribution < -0.4 is 10.6 Å². The van der Waals surface area contributed by atoms with Crippen LogP contribution in [0.5, 0.6) is 0 Å². The lowest BCUT2D eigenvalue weighted by molar-refractivity contribution is -0.0856. The number of aliphatic imine (C=N–C) groups is 1. The summed E-state index contributed by atoms with van der Waals surface area (Å²) in [6, 6.07) is 0.173. The number of hydrogen-bond acceptors (Lipinski definition) is 5. The van der Waals surface area contributed by atoms with Crippen molar-refractivity contribution < 1.29 is 19.0 Å². The molecule has 0 aliphatic carbocycles. The SMILES string of the molecule is CN=C(NCC1(OC)CCOCC1)NC1CN(C(=O)OC(C)(C)C)C1.I. The molecule has 0 aromatic carbocycles. The molecule has 1 amide bonds. The molecule has 0 radical (unpaired) electrons. The van der Waals surface area contributed by atoms with E-state index >= 15 is 0 Å². The first-order valence-electron chi connectivity index (χ1n) is 8.85. The first-order chi connectivity index (χ1) is 11.8. The summed E-state index contributed by atoms with van der Waals surface area (Å²) in [6.07, 6.45) is 1.46. The van der Waals surface area contributed by atoms with Crippen LogP contribution in [0.1, 0.15) is 33.6 Å². The summed E-state index contributed by atoms with van der Waals surface area (Å²) in [5, 5.41) is 6.67. The number of ether oxygens (including phenoxy) is 3. The van der Waals surface area contributed by atoms with Crippen LogP contribution in [0.3, 0.4) is 0 Å². The molecule has 152 valence electrons. The number of carbonyl (C=O) groups is 1. The highest BCUT2D eigenvalue weighted by Crippen LogP contribution is 2.23. The van der Waals surface area contributed by atoms with Crippen molar-refractivity contribution in [2.24, 2.45) is 4.99 Å². The normalized spacial score (nSPS) is 20.7. The highest BCUT2D eigenvalue weighted by Gasteiger charge is 2.35. The van der Waals surface area contributed by atoms with Gasteiger partial charge in [-0.1, -0.05) is 0 Å². The highest BCUT2D eigenvalue weighted by atomic mass is 127. The molecule has 0 aromatic heterocycles. The second-order valence-electron chi connectivity index (χ2n) is 7.65. The Morgan fingerprint density at radius 3 is 2.42 bits per heavy atom. The lowest BCUT2D eigenvalue weighted by Crippen LogP contribution is -2.63. The van der Waals surface area contributed by atoms with E-state index in [1.54, 1.807) is 19.1 Å². The molecule has 2 heterocycles. The van der Waals surface area contributed by atoms with Crippen molar-refractivity contribution in [1.29, 1.82) is 0 Å². The number of halogens is 1. The van der Waals surface area contributed by atoms with Gasteiger partial charge in [0.15, 0.2) is 5.96 Å². The van der Waals surface area contributed by atoms with Crippen LogP contribution in [0.25, 0.3) is 0 Å². The fourth-order valence-corrected chi connectivity index (χ4v) is 2.87. The van der Waals surface area contributed by atoms with E-state index in [2.05, 4.69) is 15.6 Å². The van der Waals surface area contributed by atoms with Crippen molar-refractivity contribution in [2.75, 3.05) is 47.0 Å². The van der Waals surface area contributed by atoms with Crippen LogP contribution >= 0.6 is 24.0 Å². The zero-order chi connectivity index (χ0) is 18.5. The van der Waals surface area contributed by atoms with E-state index in [0.29, 0.717) is 19.6 Å². The molecule has 9 heteroatoms. The van der Waals surface area contributed by atoms with E-state index in [1.807, 2.05) is 20.8 Å². The highest BCUT2D eigenvalue weighted by molar-refractivity contribution is 14.0. The smallest absolute Gasteiger partial charge is 0.410 e. The molecule has 2 aliphatic heterocycles. The molecule has 2 rings (SSSR count). The molecule has 2 aliphatic rings. The summed E-state index contributed by atoms with van der Waals surface area (Å²) in [5.74, 6) is 0.719. The lowest BCUT2D eigenvalue weighted by Gasteiger charge is -2.41. The van der Waals surface area contributed by atoms with Crippen molar-refractivity contribution in [3.63, 3.8) is 0 Å². The lowest BCUT2D eigenvalue weighted by atomic mass is 9.94. The predicted octanol–water partition coefficient (Wildman–Crippen LogP) is 1.58. The van der Waals surface area contributed by atoms with Gasteiger partial charge in [0.1, 0.15) is 5.60 Å². The Kier molecular flexibility index (Phi) is 8.87. The molecule has 0 bridgehead atoms. The van der Waals surface area contributed by atoms with E-state index in [-0.39, 0.29) is 41.7 Å². The predicted molar refractivity (Wildman–Crippen MR) is 111 cm³/mol. The molecular weight excluding hydrogens is 451 g/mol. The first kappa shape index (κ1) is 23.2. The molecule has 2 fully saturated rings. The van der Waals surface area contributed by atoms with Crippen molar-refractivity contribution in [1.82, 2.24) is 15.5 Å². The summed E-state index contributed by atoms with van der Waals surface area (Å²) < 4.78 is 16.5. The minimum atomic E-state index is -0.467. The topological polar surface area (TPSA) is 84.4 Å². The summed E-state index contributed by atoms with van der Waals surface area (Å²) in [7, 11) is 3.48. The molecular formula is C17H33IN4O4. The Labute approximate surface area is 173 Å². The second-order valence-corrected chi connectivity index (χ2v) is 7.65. The summed E-state index contributed by atoms with van der Waals surface area (Å²) in [6.45, 7) is 8.94. The number of amides is 1. The van der Waals surface area contributed by atoms with Crippen LogP contribution in [-0.4, -0.2) is 81.2 Å². The van der Waals surface area contributed by atoms with Gasteiger partial charge in [0, 0.05) is 59.8 Å². The van der Waals surface area contributed by atoms with Gasteiger partial charge >= 0.3 is 6.09 Å². The quantitative estimate of drug-likeness (QED) is 0.358. The third-order valence-electron chi connectivity index (χ3n) is 4.51. The zero-order valence-corrected chi connectivity index (χ0v) is 18.8. The average Bonchev–Trinajstić information content (AvgIpc) is 2.52. The van der Waals surface area contributed by atoms with E-state index in [1.165, 1.54) is 0 Å². The molecule has 0 unspecified atom stereocenters. The van der Waals surface area contributed by atoms with Crippen LogP contribution in [0, 0.1) is 0 Å². The Balaban J connectivity index is 0.00000338. The van der Waals surface area contributed by atoms with Crippen molar-refractivity contribution in [3.8, 4) is 0 Å². The second kappa shape index (κ2) is 9.93. The fraction of sp³-hybridized carbons (Fsp3) is 0.882. The Morgan fingerprint density at radius 2 is 1.92 bits per heavy atom. The van der Waals surface area contributed by atoms with Gasteiger partial charge in [0.2, 0.25) is 0 Å². The third-order valence-corrected chi connectivity index (χ3v) is 4.51. The zero-order valence-electron chi connectivity index (χ0n) is 16.5. The van der Waals surface area contributed by atoms with Crippen LogP contribution in [0.4, 0.5) is 4.79 Å². The van der Waals surface area contributed by atoms with Gasteiger partial charge in [-0.15, -0.1) is 24.0 Å². The number of hydrogen-bond donors (Lipinski definition) is 2. The molecule has 0 aromatic rings. The van der Waals surface area contributed by atoms with Crippen molar-refractivity contribution in [2.45, 2.75) is 50.9 Å². The van der Waals surface area contributed by atoms with Crippen molar-refractivity contribution >= 4 is 36.0 Å². The van der Waals surface area contributed by atoms with Gasteiger partial charge in [0.05, 0.1) is 11.6 Å². The molecule has 0 atom stereocenters. The van der Waals surface area contributed by atoms with Crippen molar-refractivity contribution in [3.05, 3.63) is 0 Å². The van der Waals surface area contributed by atoms with Crippen LogP contribution in [0.15, 0.2) is 4.99 Å². The molecule has 2 N–H and O–H groups in total. The number of likely N-dealkylation sites (tertiary alicyclic amines) is 1. The van der Waals surface area contributed by atoms with Crippen LogP contribution in [-0.2, 0) is 14.2 Å². The molecule has 0 spiro atoms. The Hall–Kier alpha value is -0.810. The standard InChI is InChI=1S/C17H32N4O4.HI/c1-16(2,3)25-15(22)21-10-13(11-21)20-14(18-4)19-12-17(23-5)6-8-24-9-7-17;/h13H,6-12H2,1-5H3,(H2,18,19,20);1H. The number of carbonyl (C=O) groups excluding carboxylic acids is 1. The number of rotatable bonds is 4. The first-order valence-corrected chi connectivity index (χ1v) is 8.85. The van der Waals surface area contributed by atoms with E-state index in [0.717, 1.165) is 32.0 Å². The van der Waals surface area contributed by atoms with Gasteiger partial charge in [-0.2, -0.15) is 0 Å².